The van der Waals surface area contributed by atoms with Crippen molar-refractivity contribution in [3.05, 3.63) is 24.3 Å². The molecule has 0 saturated carbocycles. The van der Waals surface area contributed by atoms with E-state index >= 15 is 0 Å². The summed E-state index contributed by atoms with van der Waals surface area (Å²) in [5.74, 6) is 1.81. The number of unbranched alkanes of at least 4 members (excludes halogenated alkanes) is 2. The Morgan fingerprint density at radius 1 is 0.714 bits per heavy atom. The molecule has 0 aromatic heterocycles. The van der Waals surface area contributed by atoms with Gasteiger partial charge in [-0.05, 0) is 50.4 Å². The highest BCUT2D eigenvalue weighted by atomic mass is 14.1. The van der Waals surface area contributed by atoms with Gasteiger partial charge < -0.3 is 0 Å². The third-order valence-electron chi connectivity index (χ3n) is 4.35. The van der Waals surface area contributed by atoms with Crippen LogP contribution in [0, 0.1) is 11.8 Å². The molecule has 21 heavy (non-hydrogen) atoms. The van der Waals surface area contributed by atoms with Crippen molar-refractivity contribution in [2.45, 2.75) is 98.3 Å². The fourth-order valence-electron chi connectivity index (χ4n) is 2.78. The van der Waals surface area contributed by atoms with Gasteiger partial charge in [-0.15, -0.1) is 0 Å². The van der Waals surface area contributed by atoms with Gasteiger partial charge in [0, 0.05) is 0 Å². The van der Waals surface area contributed by atoms with E-state index in [4.69, 9.17) is 0 Å². The van der Waals surface area contributed by atoms with Crippen LogP contribution in [-0.2, 0) is 0 Å². The molecular formula is C21H40. The molecule has 0 spiro atoms. The molecule has 0 aromatic carbocycles. The largest absolute Gasteiger partial charge is 0.0888 e. The molecule has 0 amide bonds. The molecule has 0 aliphatic heterocycles. The van der Waals surface area contributed by atoms with Crippen LogP contribution in [0.15, 0.2) is 24.3 Å². The van der Waals surface area contributed by atoms with Crippen LogP contribution in [0.4, 0.5) is 0 Å². The highest BCUT2D eigenvalue weighted by Crippen LogP contribution is 2.24. The molecular weight excluding hydrogens is 252 g/mol. The highest BCUT2D eigenvalue weighted by Gasteiger charge is 2.09. The van der Waals surface area contributed by atoms with Gasteiger partial charge in [-0.3, -0.25) is 0 Å². The molecule has 0 aliphatic carbocycles. The third kappa shape index (κ3) is 14.2. The van der Waals surface area contributed by atoms with Crippen LogP contribution < -0.4 is 0 Å². The van der Waals surface area contributed by atoms with Crippen molar-refractivity contribution in [2.75, 3.05) is 0 Å². The Balaban J connectivity index is 3.88. The van der Waals surface area contributed by atoms with E-state index in [2.05, 4.69) is 52.0 Å². The molecule has 0 aliphatic rings. The van der Waals surface area contributed by atoms with Crippen molar-refractivity contribution in [3.63, 3.8) is 0 Å². The molecule has 0 fully saturated rings. The van der Waals surface area contributed by atoms with Crippen LogP contribution in [0.2, 0.25) is 0 Å². The van der Waals surface area contributed by atoms with Crippen molar-refractivity contribution in [3.8, 4) is 0 Å². The van der Waals surface area contributed by atoms with Crippen LogP contribution in [0.25, 0.3) is 0 Å². The summed E-state index contributed by atoms with van der Waals surface area (Å²) in [6.07, 6.45) is 24.1. The lowest BCUT2D eigenvalue weighted by Crippen LogP contribution is -2.03. The quantitative estimate of drug-likeness (QED) is 0.288. The average Bonchev–Trinajstić information content (AvgIpc) is 2.49. The number of rotatable bonds is 14. The first-order chi connectivity index (χ1) is 10.2. The van der Waals surface area contributed by atoms with Crippen molar-refractivity contribution < 1.29 is 0 Å². The summed E-state index contributed by atoms with van der Waals surface area (Å²) in [6, 6.07) is 0. The normalized spacial score (nSPS) is 15.0. The zero-order valence-corrected chi connectivity index (χ0v) is 15.2. The fourth-order valence-corrected chi connectivity index (χ4v) is 2.78. The Morgan fingerprint density at radius 2 is 1.48 bits per heavy atom. The minimum Gasteiger partial charge on any atom is -0.0888 e. The molecule has 0 radical (unpaired) electrons. The molecule has 0 aromatic rings. The summed E-state index contributed by atoms with van der Waals surface area (Å²) >= 11 is 0. The van der Waals surface area contributed by atoms with Gasteiger partial charge in [0.1, 0.15) is 0 Å². The maximum atomic E-state index is 2.44. The summed E-state index contributed by atoms with van der Waals surface area (Å²) in [7, 11) is 0. The van der Waals surface area contributed by atoms with E-state index in [0.717, 1.165) is 11.8 Å². The molecule has 0 bridgehead atoms. The summed E-state index contributed by atoms with van der Waals surface area (Å²) in [6.45, 7) is 9.22. The molecule has 0 nitrogen and oxygen atoms in total. The van der Waals surface area contributed by atoms with Crippen LogP contribution in [0.5, 0.6) is 0 Å². The van der Waals surface area contributed by atoms with E-state index in [1.165, 1.54) is 70.6 Å². The van der Waals surface area contributed by atoms with E-state index in [1.54, 1.807) is 0 Å². The second kappa shape index (κ2) is 15.9. The van der Waals surface area contributed by atoms with Crippen LogP contribution in [0.1, 0.15) is 98.3 Å². The second-order valence-electron chi connectivity index (χ2n) is 6.64. The van der Waals surface area contributed by atoms with Crippen molar-refractivity contribution >= 4 is 0 Å². The minimum atomic E-state index is 0.885. The van der Waals surface area contributed by atoms with Gasteiger partial charge in [0.05, 0.1) is 0 Å². The molecule has 2 unspecified atom stereocenters. The monoisotopic (exact) mass is 292 g/mol. The lowest BCUT2D eigenvalue weighted by molar-refractivity contribution is 0.373. The van der Waals surface area contributed by atoms with Gasteiger partial charge in [-0.1, -0.05) is 84.1 Å². The van der Waals surface area contributed by atoms with Crippen LogP contribution in [-0.4, -0.2) is 0 Å². The van der Waals surface area contributed by atoms with Crippen molar-refractivity contribution in [1.29, 1.82) is 0 Å². The van der Waals surface area contributed by atoms with Gasteiger partial charge in [0.15, 0.2) is 0 Å². The van der Waals surface area contributed by atoms with Gasteiger partial charge in [-0.25, -0.2) is 0 Å². The van der Waals surface area contributed by atoms with Gasteiger partial charge in [0.25, 0.3) is 0 Å². The van der Waals surface area contributed by atoms with Gasteiger partial charge >= 0.3 is 0 Å². The van der Waals surface area contributed by atoms with Crippen LogP contribution >= 0.6 is 0 Å². The first kappa shape index (κ1) is 20.5. The molecule has 0 heteroatoms. The predicted octanol–water partition coefficient (Wildman–Crippen LogP) is 7.70. The van der Waals surface area contributed by atoms with Gasteiger partial charge in [0.2, 0.25) is 0 Å². The third-order valence-corrected chi connectivity index (χ3v) is 4.35. The maximum Gasteiger partial charge on any atom is -0.0322 e. The van der Waals surface area contributed by atoms with Crippen molar-refractivity contribution in [1.82, 2.24) is 0 Å². The Kier molecular flexibility index (Phi) is 15.5. The number of allylic oxidation sites excluding steroid dienone is 4. The smallest absolute Gasteiger partial charge is 0.0322 e. The van der Waals surface area contributed by atoms with E-state index in [-0.39, 0.29) is 0 Å². The Labute approximate surface area is 135 Å². The van der Waals surface area contributed by atoms with E-state index in [1.807, 2.05) is 0 Å². The second-order valence-corrected chi connectivity index (χ2v) is 6.64. The highest BCUT2D eigenvalue weighted by molar-refractivity contribution is 4.84. The first-order valence-corrected chi connectivity index (χ1v) is 9.54. The average molecular weight is 293 g/mol. The number of hydrogen-bond acceptors (Lipinski definition) is 0. The Bertz CT molecular complexity index is 249. The molecule has 0 saturated heterocycles. The van der Waals surface area contributed by atoms with Crippen molar-refractivity contribution in [2.24, 2.45) is 11.8 Å². The standard InChI is InChI=1S/C21H40/c1-5-8-11-12-14-15-20(4)18-19-21(16-10-7-3)17-13-9-6-2/h9,11-13,20-21H,5-8,10,14-19H2,1-4H3. The lowest BCUT2D eigenvalue weighted by atomic mass is 9.88. The fraction of sp³-hybridized carbons (Fsp3) is 0.810. The predicted molar refractivity (Wildman–Crippen MR) is 98.7 cm³/mol. The summed E-state index contributed by atoms with van der Waals surface area (Å²) in [4.78, 5) is 0. The van der Waals surface area contributed by atoms with Crippen LogP contribution in [0.3, 0.4) is 0 Å². The SMILES string of the molecule is CCC=CCC(CCCC)CCC(C)CCC=CCCC. The first-order valence-electron chi connectivity index (χ1n) is 9.54. The molecule has 124 valence electrons. The number of hydrogen-bond donors (Lipinski definition) is 0. The van der Waals surface area contributed by atoms with E-state index in [9.17, 15) is 0 Å². The summed E-state index contributed by atoms with van der Waals surface area (Å²) in [5, 5.41) is 0. The zero-order chi connectivity index (χ0) is 15.8. The summed E-state index contributed by atoms with van der Waals surface area (Å²) in [5.41, 5.74) is 0. The summed E-state index contributed by atoms with van der Waals surface area (Å²) < 4.78 is 0. The Hall–Kier alpha value is -0.520. The molecule has 0 rings (SSSR count). The Morgan fingerprint density at radius 3 is 2.14 bits per heavy atom. The topological polar surface area (TPSA) is 0 Å². The van der Waals surface area contributed by atoms with E-state index in [0.29, 0.717) is 0 Å². The molecule has 0 N–H and O–H groups in total. The van der Waals surface area contributed by atoms with E-state index < -0.39 is 0 Å². The molecule has 2 atom stereocenters. The maximum absolute atomic E-state index is 2.44. The van der Waals surface area contributed by atoms with Gasteiger partial charge in [-0.2, -0.15) is 0 Å². The minimum absolute atomic E-state index is 0.885. The molecule has 0 heterocycles. The zero-order valence-electron chi connectivity index (χ0n) is 15.2. The lowest BCUT2D eigenvalue weighted by Gasteiger charge is -2.17.